The van der Waals surface area contributed by atoms with E-state index in [1.165, 1.54) is 10.9 Å². The van der Waals surface area contributed by atoms with E-state index in [2.05, 4.69) is 25.3 Å². The maximum absolute atomic E-state index is 11.8. The summed E-state index contributed by atoms with van der Waals surface area (Å²) in [5, 5.41) is 9.74. The summed E-state index contributed by atoms with van der Waals surface area (Å²) in [6.07, 6.45) is -1.06. The average Bonchev–Trinajstić information content (AvgIpc) is 2.92. The predicted octanol–water partition coefficient (Wildman–Crippen LogP) is 1.45. The number of nitrogens with zero attached hydrogens (tertiary/aromatic N) is 4. The Bertz CT molecular complexity index is 599. The molecule has 0 aromatic carbocycles. The molecule has 7 nitrogen and oxygen atoms in total. The van der Waals surface area contributed by atoms with E-state index in [9.17, 15) is 18.0 Å². The number of pyridine rings is 1. The highest BCUT2D eigenvalue weighted by Gasteiger charge is 2.29. The third-order valence-electron chi connectivity index (χ3n) is 2.25. The summed E-state index contributed by atoms with van der Waals surface area (Å²) in [4.78, 5) is 14.9. The number of carbonyl (C=O) groups is 1. The molecule has 0 fully saturated rings. The van der Waals surface area contributed by atoms with Crippen molar-refractivity contribution in [3.63, 3.8) is 0 Å². The molecular formula is C11H10F3N5O2. The van der Waals surface area contributed by atoms with E-state index >= 15 is 0 Å². The van der Waals surface area contributed by atoms with E-state index in [1.54, 1.807) is 24.5 Å². The van der Waals surface area contributed by atoms with Crippen molar-refractivity contribution in [3.05, 3.63) is 36.4 Å². The van der Waals surface area contributed by atoms with Crippen LogP contribution in [0.2, 0.25) is 0 Å². The molecule has 0 bridgehead atoms. The van der Waals surface area contributed by atoms with Crippen molar-refractivity contribution >= 4 is 6.09 Å². The Morgan fingerprint density at radius 3 is 2.71 bits per heavy atom. The molecule has 1 amide bonds. The molecule has 2 rings (SSSR count). The fourth-order valence-electron chi connectivity index (χ4n) is 1.36. The van der Waals surface area contributed by atoms with E-state index in [0.29, 0.717) is 11.4 Å². The van der Waals surface area contributed by atoms with Crippen molar-refractivity contribution in [2.24, 2.45) is 0 Å². The molecule has 112 valence electrons. The molecule has 0 saturated carbocycles. The van der Waals surface area contributed by atoms with Gasteiger partial charge >= 0.3 is 12.3 Å². The van der Waals surface area contributed by atoms with E-state index in [1.807, 2.05) is 0 Å². The number of nitrogens with one attached hydrogen (secondary N) is 1. The van der Waals surface area contributed by atoms with E-state index < -0.39 is 18.9 Å². The summed E-state index contributed by atoms with van der Waals surface area (Å²) in [7, 11) is 0. The summed E-state index contributed by atoms with van der Waals surface area (Å²) in [6, 6.07) is 3.40. The highest BCUT2D eigenvalue weighted by molar-refractivity contribution is 5.67. The van der Waals surface area contributed by atoms with Gasteiger partial charge in [0.1, 0.15) is 5.69 Å². The van der Waals surface area contributed by atoms with Crippen molar-refractivity contribution in [2.45, 2.75) is 12.7 Å². The molecule has 1 N–H and O–H groups in total. The number of amides is 1. The highest BCUT2D eigenvalue weighted by Crippen LogP contribution is 2.14. The normalized spacial score (nSPS) is 11.2. The van der Waals surface area contributed by atoms with Gasteiger partial charge in [0.25, 0.3) is 0 Å². The zero-order valence-corrected chi connectivity index (χ0v) is 10.5. The summed E-state index contributed by atoms with van der Waals surface area (Å²) in [5.41, 5.74) is 1.08. The van der Waals surface area contributed by atoms with Crippen LogP contribution >= 0.6 is 0 Å². The SMILES string of the molecule is O=C(NCc1cn(-c2ccncc2)nn1)OCC(F)(F)F. The van der Waals surface area contributed by atoms with Gasteiger partial charge in [-0.15, -0.1) is 5.10 Å². The van der Waals surface area contributed by atoms with Gasteiger partial charge in [-0.05, 0) is 12.1 Å². The molecule has 0 radical (unpaired) electrons. The van der Waals surface area contributed by atoms with Crippen molar-refractivity contribution in [1.29, 1.82) is 0 Å². The summed E-state index contributed by atoms with van der Waals surface area (Å²) >= 11 is 0. The largest absolute Gasteiger partial charge is 0.440 e. The molecule has 0 aliphatic rings. The second-order valence-corrected chi connectivity index (χ2v) is 3.90. The summed E-state index contributed by atoms with van der Waals surface area (Å²) in [5.74, 6) is 0. The lowest BCUT2D eigenvalue weighted by Gasteiger charge is -2.07. The zero-order chi connectivity index (χ0) is 15.3. The first-order valence-corrected chi connectivity index (χ1v) is 5.73. The number of alkyl halides is 3. The smallest absolute Gasteiger partial charge is 0.422 e. The van der Waals surface area contributed by atoms with Crippen molar-refractivity contribution in [3.8, 4) is 5.69 Å². The van der Waals surface area contributed by atoms with Crippen LogP contribution in [0.5, 0.6) is 0 Å². The first-order chi connectivity index (χ1) is 9.94. The second-order valence-electron chi connectivity index (χ2n) is 3.90. The number of carbonyl (C=O) groups excluding carboxylic acids is 1. The first kappa shape index (κ1) is 14.8. The van der Waals surface area contributed by atoms with Crippen molar-refractivity contribution in [1.82, 2.24) is 25.3 Å². The zero-order valence-electron chi connectivity index (χ0n) is 10.5. The Morgan fingerprint density at radius 2 is 2.05 bits per heavy atom. The van der Waals surface area contributed by atoms with Crippen molar-refractivity contribution in [2.75, 3.05) is 6.61 Å². The molecule has 0 unspecified atom stereocenters. The monoisotopic (exact) mass is 301 g/mol. The molecule has 0 aliphatic carbocycles. The van der Waals surface area contributed by atoms with E-state index in [-0.39, 0.29) is 6.54 Å². The third kappa shape index (κ3) is 4.75. The minimum Gasteiger partial charge on any atom is -0.440 e. The number of ether oxygens (including phenoxy) is 1. The summed E-state index contributed by atoms with van der Waals surface area (Å²) in [6.45, 7) is -1.73. The van der Waals surface area contributed by atoms with Gasteiger partial charge in [0, 0.05) is 12.4 Å². The Hall–Kier alpha value is -2.65. The topological polar surface area (TPSA) is 81.9 Å². The minimum absolute atomic E-state index is 0.0955. The van der Waals surface area contributed by atoms with Crippen LogP contribution in [-0.2, 0) is 11.3 Å². The lowest BCUT2D eigenvalue weighted by Crippen LogP contribution is -2.28. The van der Waals surface area contributed by atoms with Crippen LogP contribution in [0, 0.1) is 0 Å². The Balaban J connectivity index is 1.85. The number of alkyl carbamates (subject to hydrolysis) is 1. The Kier molecular flexibility index (Phi) is 4.36. The molecule has 0 saturated heterocycles. The fourth-order valence-corrected chi connectivity index (χ4v) is 1.36. The van der Waals surface area contributed by atoms with Crippen LogP contribution in [0.15, 0.2) is 30.7 Å². The van der Waals surface area contributed by atoms with Crippen molar-refractivity contribution < 1.29 is 22.7 Å². The molecule has 2 heterocycles. The highest BCUT2D eigenvalue weighted by atomic mass is 19.4. The minimum atomic E-state index is -4.55. The van der Waals surface area contributed by atoms with Gasteiger partial charge in [0.05, 0.1) is 18.4 Å². The second kappa shape index (κ2) is 6.20. The lowest BCUT2D eigenvalue weighted by atomic mass is 10.4. The first-order valence-electron chi connectivity index (χ1n) is 5.73. The maximum atomic E-state index is 11.8. The lowest BCUT2D eigenvalue weighted by molar-refractivity contribution is -0.160. The van der Waals surface area contributed by atoms with Crippen LogP contribution in [-0.4, -0.2) is 38.9 Å². The number of halogens is 3. The quantitative estimate of drug-likeness (QED) is 0.924. The number of aromatic nitrogens is 4. The number of hydrogen-bond donors (Lipinski definition) is 1. The molecule has 2 aromatic rings. The van der Waals surface area contributed by atoms with Gasteiger partial charge in [-0.3, -0.25) is 4.98 Å². The molecule has 0 spiro atoms. The van der Waals surface area contributed by atoms with Crippen LogP contribution in [0.1, 0.15) is 5.69 Å². The van der Waals surface area contributed by atoms with Crippen LogP contribution in [0.4, 0.5) is 18.0 Å². The summed E-state index contributed by atoms with van der Waals surface area (Å²) < 4.78 is 40.9. The molecule has 10 heteroatoms. The number of rotatable bonds is 4. The standard InChI is InChI=1S/C11H10F3N5O2/c12-11(13,14)7-21-10(20)16-5-8-6-19(18-17-8)9-1-3-15-4-2-9/h1-4,6H,5,7H2,(H,16,20). The van der Waals surface area contributed by atoms with Gasteiger partial charge < -0.3 is 10.1 Å². The molecule has 2 aromatic heterocycles. The number of hydrogen-bond acceptors (Lipinski definition) is 5. The van der Waals surface area contributed by atoms with Gasteiger partial charge in [-0.2, -0.15) is 13.2 Å². The van der Waals surface area contributed by atoms with Gasteiger partial charge in [-0.25, -0.2) is 9.48 Å². The molecular weight excluding hydrogens is 291 g/mol. The predicted molar refractivity (Wildman–Crippen MR) is 63.4 cm³/mol. The van der Waals surface area contributed by atoms with E-state index in [0.717, 1.165) is 0 Å². The maximum Gasteiger partial charge on any atom is 0.422 e. The van der Waals surface area contributed by atoms with Gasteiger partial charge in [-0.1, -0.05) is 5.21 Å². The molecule has 0 atom stereocenters. The Morgan fingerprint density at radius 1 is 1.33 bits per heavy atom. The van der Waals surface area contributed by atoms with E-state index in [4.69, 9.17) is 0 Å². The van der Waals surface area contributed by atoms with Crippen LogP contribution < -0.4 is 5.32 Å². The van der Waals surface area contributed by atoms with Crippen LogP contribution in [0.25, 0.3) is 5.69 Å². The molecule has 0 aliphatic heterocycles. The van der Waals surface area contributed by atoms with Crippen LogP contribution in [0.3, 0.4) is 0 Å². The third-order valence-corrected chi connectivity index (χ3v) is 2.25. The average molecular weight is 301 g/mol. The fraction of sp³-hybridized carbons (Fsp3) is 0.273. The van der Waals surface area contributed by atoms with Gasteiger partial charge in [0.15, 0.2) is 6.61 Å². The molecule has 21 heavy (non-hydrogen) atoms. The Labute approximate surface area is 116 Å². The van der Waals surface area contributed by atoms with Gasteiger partial charge in [0.2, 0.25) is 0 Å².